The zero-order valence-electron chi connectivity index (χ0n) is 20.7. The van der Waals surface area contributed by atoms with Crippen molar-refractivity contribution in [2.45, 2.75) is 0 Å². The van der Waals surface area contributed by atoms with Gasteiger partial charge in [-0.3, -0.25) is 0 Å². The summed E-state index contributed by atoms with van der Waals surface area (Å²) in [5, 5.41) is 5.09. The van der Waals surface area contributed by atoms with Crippen molar-refractivity contribution in [2.75, 3.05) is 14.2 Å². The lowest BCUT2D eigenvalue weighted by molar-refractivity contribution is 0.415. The molecule has 0 fully saturated rings. The molecule has 0 aliphatic heterocycles. The minimum absolute atomic E-state index is 0.861. The number of hydrogen-bond donors (Lipinski definition) is 0. The fraction of sp³-hybridized carbons (Fsp3) is 0.0588. The van der Waals surface area contributed by atoms with Crippen LogP contribution >= 0.6 is 0 Å². The highest BCUT2D eigenvalue weighted by Gasteiger charge is 2.19. The lowest BCUT2D eigenvalue weighted by atomic mass is 9.95. The van der Waals surface area contributed by atoms with Gasteiger partial charge >= 0.3 is 0 Å². The van der Waals surface area contributed by atoms with Gasteiger partial charge in [0.2, 0.25) is 0 Å². The predicted octanol–water partition coefficient (Wildman–Crippen LogP) is 8.73. The molecule has 0 aliphatic carbocycles. The zero-order chi connectivity index (χ0) is 24.9. The summed E-state index contributed by atoms with van der Waals surface area (Å²) in [5.41, 5.74) is 8.29. The highest BCUT2D eigenvalue weighted by atomic mass is 16.5. The molecule has 0 amide bonds. The average molecular weight is 480 g/mol. The highest BCUT2D eigenvalue weighted by Crippen LogP contribution is 2.43. The summed E-state index contributed by atoms with van der Waals surface area (Å²) in [7, 11) is 3.40. The monoisotopic (exact) mass is 479 g/mol. The van der Waals surface area contributed by atoms with Crippen LogP contribution < -0.4 is 9.47 Å². The number of methoxy groups -OCH3 is 2. The van der Waals surface area contributed by atoms with Crippen LogP contribution in [0.25, 0.3) is 60.5 Å². The zero-order valence-corrected chi connectivity index (χ0v) is 20.7. The van der Waals surface area contributed by atoms with Crippen molar-refractivity contribution in [2.24, 2.45) is 0 Å². The molecule has 0 N–H and O–H groups in total. The molecule has 1 aromatic heterocycles. The molecule has 0 unspecified atom stereocenters. The summed E-state index contributed by atoms with van der Waals surface area (Å²) in [6.07, 6.45) is 0. The number of nitrogens with zero attached hydrogens (tertiary/aromatic N) is 1. The third-order valence-corrected chi connectivity index (χ3v) is 7.33. The number of aromatic nitrogens is 1. The molecule has 0 aliphatic rings. The molecule has 6 aromatic carbocycles. The molecule has 0 atom stereocenters. The van der Waals surface area contributed by atoms with E-state index >= 15 is 0 Å². The summed E-state index contributed by atoms with van der Waals surface area (Å²) in [4.78, 5) is 0. The van der Waals surface area contributed by atoms with Gasteiger partial charge in [-0.25, -0.2) is 0 Å². The molecule has 0 saturated heterocycles. The lowest BCUT2D eigenvalue weighted by Crippen LogP contribution is -1.94. The van der Waals surface area contributed by atoms with Crippen molar-refractivity contribution in [3.05, 3.63) is 115 Å². The summed E-state index contributed by atoms with van der Waals surface area (Å²) < 4.78 is 13.2. The van der Waals surface area contributed by atoms with Crippen molar-refractivity contribution >= 4 is 32.6 Å². The number of hydrogen-bond acceptors (Lipinski definition) is 2. The molecule has 0 saturated carbocycles. The average Bonchev–Trinajstić information content (AvgIpc) is 3.31. The second-order valence-corrected chi connectivity index (χ2v) is 9.38. The molecule has 1 heterocycles. The molecule has 7 rings (SSSR count). The Morgan fingerprint density at radius 3 is 1.35 bits per heavy atom. The van der Waals surface area contributed by atoms with Crippen LogP contribution in [0.2, 0.25) is 0 Å². The van der Waals surface area contributed by atoms with E-state index in [9.17, 15) is 0 Å². The van der Waals surface area contributed by atoms with Gasteiger partial charge in [-0.1, -0.05) is 54.6 Å². The van der Waals surface area contributed by atoms with Crippen LogP contribution in [0.1, 0.15) is 0 Å². The normalized spacial score (nSPS) is 11.5. The summed E-state index contributed by atoms with van der Waals surface area (Å²) >= 11 is 0. The van der Waals surface area contributed by atoms with Gasteiger partial charge in [0.25, 0.3) is 0 Å². The highest BCUT2D eigenvalue weighted by molar-refractivity contribution is 6.25. The standard InChI is InChI=1S/C34H25NO2/c1-36-29-14-10-22(11-15-29)26-18-24-8-9-25-19-27(23-12-16-30(37-2)17-13-23)21-32-34(25)33(24)31(20-26)35(32)28-6-4-3-5-7-28/h3-21H,1-2H3. The molecule has 3 heteroatoms. The van der Waals surface area contributed by atoms with Crippen molar-refractivity contribution in [1.29, 1.82) is 0 Å². The Balaban J connectivity index is 1.55. The fourth-order valence-corrected chi connectivity index (χ4v) is 5.52. The first-order chi connectivity index (χ1) is 18.2. The molecule has 3 nitrogen and oxygen atoms in total. The van der Waals surface area contributed by atoms with E-state index < -0.39 is 0 Å². The van der Waals surface area contributed by atoms with Crippen LogP contribution in [0, 0.1) is 0 Å². The molecule has 37 heavy (non-hydrogen) atoms. The van der Waals surface area contributed by atoms with Crippen LogP contribution in [0.4, 0.5) is 0 Å². The van der Waals surface area contributed by atoms with Gasteiger partial charge in [0.15, 0.2) is 0 Å². The van der Waals surface area contributed by atoms with Crippen LogP contribution in [-0.4, -0.2) is 18.8 Å². The van der Waals surface area contributed by atoms with E-state index in [0.29, 0.717) is 0 Å². The van der Waals surface area contributed by atoms with E-state index in [1.807, 2.05) is 24.3 Å². The third kappa shape index (κ3) is 3.43. The second-order valence-electron chi connectivity index (χ2n) is 9.38. The van der Waals surface area contributed by atoms with Crippen molar-refractivity contribution < 1.29 is 9.47 Å². The van der Waals surface area contributed by atoms with Gasteiger partial charge in [0.05, 0.1) is 25.3 Å². The van der Waals surface area contributed by atoms with Crippen LogP contribution in [0.5, 0.6) is 11.5 Å². The van der Waals surface area contributed by atoms with E-state index in [2.05, 4.69) is 95.6 Å². The van der Waals surface area contributed by atoms with Gasteiger partial charge in [-0.05, 0) is 93.7 Å². The maximum atomic E-state index is 5.38. The van der Waals surface area contributed by atoms with Gasteiger partial charge in [0.1, 0.15) is 11.5 Å². The predicted molar refractivity (Wildman–Crippen MR) is 153 cm³/mol. The SMILES string of the molecule is COc1ccc(-c2cc3ccc4cc(-c5ccc(OC)cc5)cc5c4c3c(c2)n5-c2ccccc2)cc1. The van der Waals surface area contributed by atoms with Crippen LogP contribution in [0.3, 0.4) is 0 Å². The first kappa shape index (κ1) is 21.5. The Bertz CT molecular complexity index is 1750. The third-order valence-electron chi connectivity index (χ3n) is 7.33. The van der Waals surface area contributed by atoms with E-state index in [1.165, 1.54) is 54.8 Å². The molecular formula is C34H25NO2. The number of ether oxygens (including phenoxy) is 2. The van der Waals surface area contributed by atoms with E-state index in [1.54, 1.807) is 14.2 Å². The first-order valence-electron chi connectivity index (χ1n) is 12.4. The quantitative estimate of drug-likeness (QED) is 0.230. The Hall–Kier alpha value is -4.76. The maximum absolute atomic E-state index is 5.38. The molecule has 178 valence electrons. The van der Waals surface area contributed by atoms with Gasteiger partial charge < -0.3 is 14.0 Å². The summed E-state index contributed by atoms with van der Waals surface area (Å²) in [6, 6.07) is 41.0. The summed E-state index contributed by atoms with van der Waals surface area (Å²) in [5.74, 6) is 1.72. The number of para-hydroxylation sites is 1. The second kappa shape index (κ2) is 8.42. The van der Waals surface area contributed by atoms with Gasteiger partial charge in [0, 0.05) is 16.5 Å². The number of rotatable bonds is 5. The van der Waals surface area contributed by atoms with Crippen LogP contribution in [0.15, 0.2) is 115 Å². The Labute approximate surface area is 215 Å². The van der Waals surface area contributed by atoms with Crippen molar-refractivity contribution in [3.63, 3.8) is 0 Å². The van der Waals surface area contributed by atoms with E-state index in [-0.39, 0.29) is 0 Å². The summed E-state index contributed by atoms with van der Waals surface area (Å²) in [6.45, 7) is 0. The number of benzene rings is 6. The van der Waals surface area contributed by atoms with E-state index in [4.69, 9.17) is 9.47 Å². The minimum atomic E-state index is 0.861. The molecule has 7 aromatic rings. The lowest BCUT2D eigenvalue weighted by Gasteiger charge is -2.10. The van der Waals surface area contributed by atoms with Crippen molar-refractivity contribution in [1.82, 2.24) is 4.57 Å². The Morgan fingerprint density at radius 2 is 0.919 bits per heavy atom. The van der Waals surface area contributed by atoms with E-state index in [0.717, 1.165) is 17.2 Å². The minimum Gasteiger partial charge on any atom is -0.497 e. The molecular weight excluding hydrogens is 454 g/mol. The molecule has 0 bridgehead atoms. The topological polar surface area (TPSA) is 23.4 Å². The first-order valence-corrected chi connectivity index (χ1v) is 12.4. The smallest absolute Gasteiger partial charge is 0.118 e. The largest absolute Gasteiger partial charge is 0.497 e. The molecule has 0 spiro atoms. The van der Waals surface area contributed by atoms with Crippen LogP contribution in [-0.2, 0) is 0 Å². The Kier molecular flexibility index (Phi) is 4.90. The fourth-order valence-electron chi connectivity index (χ4n) is 5.52. The van der Waals surface area contributed by atoms with Crippen molar-refractivity contribution in [3.8, 4) is 39.4 Å². The molecule has 0 radical (unpaired) electrons. The maximum Gasteiger partial charge on any atom is 0.118 e. The Morgan fingerprint density at radius 1 is 0.459 bits per heavy atom. The van der Waals surface area contributed by atoms with Gasteiger partial charge in [-0.15, -0.1) is 0 Å². The van der Waals surface area contributed by atoms with Gasteiger partial charge in [-0.2, -0.15) is 0 Å².